The highest BCUT2D eigenvalue weighted by Crippen LogP contribution is 2.40. The second kappa shape index (κ2) is 10.2. The normalized spacial score (nSPS) is 11.6. The van der Waals surface area contributed by atoms with Crippen molar-refractivity contribution in [2.45, 2.75) is 32.7 Å². The molecule has 4 aromatic rings. The Morgan fingerprint density at radius 3 is 2.57 bits per heavy atom. The van der Waals surface area contributed by atoms with Gasteiger partial charge in [0.15, 0.2) is 0 Å². The largest absolute Gasteiger partial charge is 0.489 e. The van der Waals surface area contributed by atoms with Gasteiger partial charge in [-0.25, -0.2) is 0 Å². The van der Waals surface area contributed by atoms with Crippen molar-refractivity contribution in [3.05, 3.63) is 89.2 Å². The van der Waals surface area contributed by atoms with Gasteiger partial charge in [0, 0.05) is 23.1 Å². The molecule has 0 radical (unpaired) electrons. The van der Waals surface area contributed by atoms with Crippen LogP contribution in [0.15, 0.2) is 71.3 Å². The van der Waals surface area contributed by atoms with Gasteiger partial charge in [0.2, 0.25) is 0 Å². The number of rotatable bonds is 8. The lowest BCUT2D eigenvalue weighted by molar-refractivity contribution is -0.142. The third-order valence-electron chi connectivity index (χ3n) is 5.52. The molecular formula is C27H24F3NO4. The Kier molecular flexibility index (Phi) is 7.12. The van der Waals surface area contributed by atoms with Gasteiger partial charge in [-0.05, 0) is 47.9 Å². The first kappa shape index (κ1) is 24.3. The zero-order valence-electron chi connectivity index (χ0n) is 19.0. The van der Waals surface area contributed by atoms with Gasteiger partial charge in [0.25, 0.3) is 0 Å². The van der Waals surface area contributed by atoms with E-state index in [1.54, 1.807) is 49.4 Å². The van der Waals surface area contributed by atoms with Crippen LogP contribution in [0.25, 0.3) is 22.1 Å². The van der Waals surface area contributed by atoms with Crippen molar-refractivity contribution in [3.63, 3.8) is 0 Å². The molecule has 0 fully saturated rings. The Bertz CT molecular complexity index is 1340. The molecule has 0 amide bonds. The molecule has 0 bridgehead atoms. The maximum absolute atomic E-state index is 13.7. The molecule has 5 nitrogen and oxygen atoms in total. The minimum Gasteiger partial charge on any atom is -0.489 e. The monoisotopic (exact) mass is 483 g/mol. The van der Waals surface area contributed by atoms with Crippen LogP contribution in [0.3, 0.4) is 0 Å². The third kappa shape index (κ3) is 5.49. The van der Waals surface area contributed by atoms with E-state index in [9.17, 15) is 18.0 Å². The quantitative estimate of drug-likeness (QED) is 0.299. The fourth-order valence-corrected chi connectivity index (χ4v) is 3.90. The van der Waals surface area contributed by atoms with E-state index in [2.05, 4.69) is 0 Å². The number of hydrogen-bond acceptors (Lipinski definition) is 5. The van der Waals surface area contributed by atoms with E-state index in [-0.39, 0.29) is 36.6 Å². The topological polar surface area (TPSA) is 74.7 Å². The average Bonchev–Trinajstić information content (AvgIpc) is 3.28. The van der Waals surface area contributed by atoms with Crippen LogP contribution < -0.4 is 10.5 Å². The summed E-state index contributed by atoms with van der Waals surface area (Å²) < 4.78 is 57.4. The summed E-state index contributed by atoms with van der Waals surface area (Å²) in [6.07, 6.45) is -3.81. The van der Waals surface area contributed by atoms with Crippen LogP contribution in [0.2, 0.25) is 0 Å². The van der Waals surface area contributed by atoms with Gasteiger partial charge in [-0.2, -0.15) is 13.2 Å². The van der Waals surface area contributed by atoms with Gasteiger partial charge in [0.05, 0.1) is 13.0 Å². The molecule has 35 heavy (non-hydrogen) atoms. The number of nitrogens with two attached hydrogens (primary N) is 1. The van der Waals surface area contributed by atoms with Crippen molar-refractivity contribution >= 4 is 16.9 Å². The molecule has 0 aliphatic rings. The maximum atomic E-state index is 13.7. The van der Waals surface area contributed by atoms with E-state index in [0.717, 1.165) is 11.8 Å². The number of hydrogen-bond donors (Lipinski definition) is 1. The lowest BCUT2D eigenvalue weighted by atomic mass is 9.97. The molecule has 0 spiro atoms. The first-order valence-corrected chi connectivity index (χ1v) is 11.1. The molecule has 8 heteroatoms. The van der Waals surface area contributed by atoms with E-state index in [1.165, 1.54) is 6.07 Å². The lowest BCUT2D eigenvalue weighted by Gasteiger charge is -2.13. The number of para-hydroxylation sites is 1. The number of alkyl halides is 3. The van der Waals surface area contributed by atoms with E-state index >= 15 is 0 Å². The second-order valence-corrected chi connectivity index (χ2v) is 7.95. The van der Waals surface area contributed by atoms with Gasteiger partial charge in [-0.1, -0.05) is 36.4 Å². The minimum absolute atomic E-state index is 0.0121. The Labute approximate surface area is 200 Å². The standard InChI is InChI=1S/C27H24F3NO4/c1-2-33-25(32)13-20-7-3-4-9-24(20)34-15-18-11-21(19-8-5-6-17(10-19)14-31)26-22(12-18)23(16-35-26)27(28,29)30/h3-12,16H,2,13-15,31H2,1H3. The number of carbonyl (C=O) groups is 1. The molecule has 2 N–H and O–H groups in total. The zero-order valence-corrected chi connectivity index (χ0v) is 19.0. The Balaban J connectivity index is 1.73. The summed E-state index contributed by atoms with van der Waals surface area (Å²) in [5, 5.41) is -0.0495. The first-order chi connectivity index (χ1) is 16.8. The maximum Gasteiger partial charge on any atom is 0.420 e. The summed E-state index contributed by atoms with van der Waals surface area (Å²) >= 11 is 0. The van der Waals surface area contributed by atoms with Crippen molar-refractivity contribution in [3.8, 4) is 16.9 Å². The molecule has 182 valence electrons. The number of carbonyl (C=O) groups excluding carboxylic acids is 1. The zero-order chi connectivity index (χ0) is 25.0. The molecule has 0 saturated heterocycles. The summed E-state index contributed by atoms with van der Waals surface area (Å²) in [5.41, 5.74) is 8.22. The van der Waals surface area contributed by atoms with Crippen molar-refractivity contribution in [1.82, 2.24) is 0 Å². The van der Waals surface area contributed by atoms with Gasteiger partial charge >= 0.3 is 12.1 Å². The second-order valence-electron chi connectivity index (χ2n) is 7.95. The molecule has 0 aliphatic carbocycles. The van der Waals surface area contributed by atoms with Gasteiger partial charge in [0.1, 0.15) is 29.8 Å². The molecule has 0 aliphatic heterocycles. The number of ether oxygens (including phenoxy) is 2. The number of halogens is 3. The predicted octanol–water partition coefficient (Wildman–Crippen LogP) is 6.26. The fourth-order valence-electron chi connectivity index (χ4n) is 3.90. The van der Waals surface area contributed by atoms with Crippen molar-refractivity contribution in [2.75, 3.05) is 6.61 Å². The predicted molar refractivity (Wildman–Crippen MR) is 126 cm³/mol. The van der Waals surface area contributed by atoms with Crippen molar-refractivity contribution in [2.24, 2.45) is 5.73 Å². The van der Waals surface area contributed by atoms with Crippen LogP contribution >= 0.6 is 0 Å². The van der Waals surface area contributed by atoms with Crippen molar-refractivity contribution in [1.29, 1.82) is 0 Å². The smallest absolute Gasteiger partial charge is 0.420 e. The lowest BCUT2D eigenvalue weighted by Crippen LogP contribution is -2.09. The molecule has 1 heterocycles. The molecule has 0 saturated carbocycles. The van der Waals surface area contributed by atoms with E-state index in [4.69, 9.17) is 19.6 Å². The summed E-state index contributed by atoms with van der Waals surface area (Å²) in [6.45, 7) is 2.27. The summed E-state index contributed by atoms with van der Waals surface area (Å²) in [5.74, 6) is 0.0656. The summed E-state index contributed by atoms with van der Waals surface area (Å²) in [7, 11) is 0. The van der Waals surface area contributed by atoms with Crippen LogP contribution in [0.5, 0.6) is 5.75 Å². The molecule has 0 unspecified atom stereocenters. The molecule has 1 aromatic heterocycles. The van der Waals surface area contributed by atoms with Crippen LogP contribution in [0.1, 0.15) is 29.2 Å². The van der Waals surface area contributed by atoms with Crippen LogP contribution in [-0.4, -0.2) is 12.6 Å². The average molecular weight is 483 g/mol. The first-order valence-electron chi connectivity index (χ1n) is 11.1. The number of furan rings is 1. The summed E-state index contributed by atoms with van der Waals surface area (Å²) in [6, 6.07) is 17.4. The van der Waals surface area contributed by atoms with Gasteiger partial charge in [-0.15, -0.1) is 0 Å². The minimum atomic E-state index is -4.58. The SMILES string of the molecule is CCOC(=O)Cc1ccccc1OCc1cc(-c2cccc(CN)c2)c2occ(C(F)(F)F)c2c1. The van der Waals surface area contributed by atoms with E-state index < -0.39 is 11.7 Å². The molecule has 0 atom stereocenters. The number of benzene rings is 3. The summed E-state index contributed by atoms with van der Waals surface area (Å²) in [4.78, 5) is 11.9. The molecule has 4 rings (SSSR count). The van der Waals surface area contributed by atoms with Crippen LogP contribution in [0, 0.1) is 0 Å². The third-order valence-corrected chi connectivity index (χ3v) is 5.52. The fraction of sp³-hybridized carbons (Fsp3) is 0.222. The van der Waals surface area contributed by atoms with Gasteiger partial charge < -0.3 is 19.6 Å². The highest BCUT2D eigenvalue weighted by molar-refractivity contribution is 5.95. The Hall–Kier alpha value is -3.78. The Morgan fingerprint density at radius 2 is 1.83 bits per heavy atom. The van der Waals surface area contributed by atoms with Gasteiger partial charge in [-0.3, -0.25) is 4.79 Å². The van der Waals surface area contributed by atoms with Crippen LogP contribution in [-0.2, 0) is 35.3 Å². The van der Waals surface area contributed by atoms with Crippen molar-refractivity contribution < 1.29 is 31.9 Å². The Morgan fingerprint density at radius 1 is 1.03 bits per heavy atom. The van der Waals surface area contributed by atoms with E-state index in [1.807, 2.05) is 12.1 Å². The highest BCUT2D eigenvalue weighted by atomic mass is 19.4. The van der Waals surface area contributed by atoms with Crippen LogP contribution in [0.4, 0.5) is 13.2 Å². The van der Waals surface area contributed by atoms with E-state index in [0.29, 0.717) is 34.5 Å². The molecule has 3 aromatic carbocycles. The highest BCUT2D eigenvalue weighted by Gasteiger charge is 2.35. The number of fused-ring (bicyclic) bond motifs is 1. The molecular weight excluding hydrogens is 459 g/mol. The number of esters is 1.